The standard InChI is InChI=1S/C21H31N3O2S/c1-4-23(5-2)15-20-22-19(16-27-20)21(25)10-12-24(13-11-21)14-17-8-6-7-9-18(17)26-3/h6-9,16,25H,4-5,10-15H2,1-3H3. The van der Waals surface area contributed by atoms with Crippen LogP contribution in [-0.4, -0.2) is 53.2 Å². The van der Waals surface area contributed by atoms with Crippen LogP contribution in [0, 0.1) is 0 Å². The summed E-state index contributed by atoms with van der Waals surface area (Å²) in [5.41, 5.74) is 1.25. The Morgan fingerprint density at radius 2 is 1.93 bits per heavy atom. The molecule has 1 saturated heterocycles. The molecule has 1 aromatic heterocycles. The van der Waals surface area contributed by atoms with E-state index in [1.807, 2.05) is 18.2 Å². The molecule has 0 spiro atoms. The largest absolute Gasteiger partial charge is 0.496 e. The predicted octanol–water partition coefficient (Wildman–Crippen LogP) is 3.48. The first-order chi connectivity index (χ1) is 13.1. The van der Waals surface area contributed by atoms with Gasteiger partial charge in [-0.25, -0.2) is 4.98 Å². The minimum atomic E-state index is -0.796. The molecule has 3 rings (SSSR count). The fraction of sp³-hybridized carbons (Fsp3) is 0.571. The van der Waals surface area contributed by atoms with Crippen LogP contribution in [0.15, 0.2) is 29.6 Å². The molecule has 0 unspecified atom stereocenters. The molecule has 0 amide bonds. The van der Waals surface area contributed by atoms with Gasteiger partial charge in [-0.1, -0.05) is 32.0 Å². The Bertz CT molecular complexity index is 722. The van der Waals surface area contributed by atoms with Gasteiger partial charge in [-0.15, -0.1) is 11.3 Å². The van der Waals surface area contributed by atoms with E-state index in [-0.39, 0.29) is 0 Å². The Balaban J connectivity index is 1.60. The maximum Gasteiger partial charge on any atom is 0.123 e. The van der Waals surface area contributed by atoms with Gasteiger partial charge >= 0.3 is 0 Å². The molecule has 1 fully saturated rings. The number of thiazole rings is 1. The maximum absolute atomic E-state index is 11.2. The van der Waals surface area contributed by atoms with Gasteiger partial charge in [0, 0.05) is 30.6 Å². The molecule has 1 aliphatic heterocycles. The zero-order valence-electron chi connectivity index (χ0n) is 16.6. The van der Waals surface area contributed by atoms with Crippen LogP contribution in [0.4, 0.5) is 0 Å². The van der Waals surface area contributed by atoms with Crippen molar-refractivity contribution in [1.29, 1.82) is 0 Å². The molecule has 0 atom stereocenters. The first kappa shape index (κ1) is 20.3. The van der Waals surface area contributed by atoms with Crippen molar-refractivity contribution in [3.8, 4) is 5.75 Å². The summed E-state index contributed by atoms with van der Waals surface area (Å²) >= 11 is 1.67. The molecular formula is C21H31N3O2S. The lowest BCUT2D eigenvalue weighted by atomic mass is 9.88. The molecule has 5 nitrogen and oxygen atoms in total. The Morgan fingerprint density at radius 3 is 2.59 bits per heavy atom. The number of para-hydroxylation sites is 1. The van der Waals surface area contributed by atoms with E-state index in [2.05, 4.69) is 35.1 Å². The van der Waals surface area contributed by atoms with Crippen molar-refractivity contribution in [2.45, 2.75) is 45.4 Å². The summed E-state index contributed by atoms with van der Waals surface area (Å²) in [6.07, 6.45) is 1.44. The number of aromatic nitrogens is 1. The number of nitrogens with zero attached hydrogens (tertiary/aromatic N) is 3. The summed E-state index contributed by atoms with van der Waals surface area (Å²) in [5.74, 6) is 0.930. The van der Waals surface area contributed by atoms with Crippen molar-refractivity contribution in [3.05, 3.63) is 45.9 Å². The van der Waals surface area contributed by atoms with Crippen LogP contribution >= 0.6 is 11.3 Å². The van der Waals surface area contributed by atoms with E-state index < -0.39 is 5.60 Å². The zero-order valence-corrected chi connectivity index (χ0v) is 17.5. The van der Waals surface area contributed by atoms with Crippen molar-refractivity contribution >= 4 is 11.3 Å². The minimum Gasteiger partial charge on any atom is -0.496 e. The van der Waals surface area contributed by atoms with E-state index in [1.54, 1.807) is 18.4 Å². The van der Waals surface area contributed by atoms with Gasteiger partial charge in [0.25, 0.3) is 0 Å². The van der Waals surface area contributed by atoms with Crippen molar-refractivity contribution in [2.75, 3.05) is 33.3 Å². The lowest BCUT2D eigenvalue weighted by Crippen LogP contribution is -2.42. The normalized spacial score (nSPS) is 17.4. The molecule has 0 bridgehead atoms. The van der Waals surface area contributed by atoms with Gasteiger partial charge in [0.2, 0.25) is 0 Å². The second-order valence-electron chi connectivity index (χ2n) is 7.21. The van der Waals surface area contributed by atoms with E-state index >= 15 is 0 Å². The quantitative estimate of drug-likeness (QED) is 0.749. The van der Waals surface area contributed by atoms with E-state index in [0.29, 0.717) is 0 Å². The molecule has 1 N–H and O–H groups in total. The second kappa shape index (κ2) is 9.15. The number of likely N-dealkylation sites (tertiary alicyclic amines) is 1. The topological polar surface area (TPSA) is 48.8 Å². The highest BCUT2D eigenvalue weighted by atomic mass is 32.1. The van der Waals surface area contributed by atoms with E-state index in [0.717, 1.165) is 68.6 Å². The highest BCUT2D eigenvalue weighted by molar-refractivity contribution is 7.09. The van der Waals surface area contributed by atoms with E-state index in [9.17, 15) is 5.11 Å². The number of piperidine rings is 1. The maximum atomic E-state index is 11.2. The number of hydrogen-bond donors (Lipinski definition) is 1. The van der Waals surface area contributed by atoms with Crippen molar-refractivity contribution in [2.24, 2.45) is 0 Å². The lowest BCUT2D eigenvalue weighted by Gasteiger charge is -2.37. The van der Waals surface area contributed by atoms with Gasteiger partial charge in [0.05, 0.1) is 19.3 Å². The van der Waals surface area contributed by atoms with Gasteiger partial charge in [0.1, 0.15) is 16.4 Å². The van der Waals surface area contributed by atoms with Crippen LogP contribution in [0.5, 0.6) is 5.75 Å². The molecule has 0 saturated carbocycles. The van der Waals surface area contributed by atoms with Crippen molar-refractivity contribution in [3.63, 3.8) is 0 Å². The van der Waals surface area contributed by atoms with Gasteiger partial charge in [-0.2, -0.15) is 0 Å². The number of ether oxygens (including phenoxy) is 1. The molecule has 6 heteroatoms. The number of hydrogen-bond acceptors (Lipinski definition) is 6. The van der Waals surface area contributed by atoms with Gasteiger partial charge < -0.3 is 9.84 Å². The molecule has 148 valence electrons. The zero-order chi connectivity index (χ0) is 19.3. The third-order valence-corrected chi connectivity index (χ3v) is 6.39. The SMILES string of the molecule is CCN(CC)Cc1nc(C2(O)CCN(Cc3ccccc3OC)CC2)cs1. The third-order valence-electron chi connectivity index (χ3n) is 5.55. The summed E-state index contributed by atoms with van der Waals surface area (Å²) in [5, 5.41) is 14.3. The molecule has 1 aliphatic rings. The minimum absolute atomic E-state index is 0.719. The fourth-order valence-electron chi connectivity index (χ4n) is 3.65. The highest BCUT2D eigenvalue weighted by Gasteiger charge is 2.36. The summed E-state index contributed by atoms with van der Waals surface area (Å²) in [6.45, 7) is 9.82. The summed E-state index contributed by atoms with van der Waals surface area (Å²) < 4.78 is 5.46. The summed E-state index contributed by atoms with van der Waals surface area (Å²) in [7, 11) is 1.71. The highest BCUT2D eigenvalue weighted by Crippen LogP contribution is 2.34. The number of aliphatic hydroxyl groups is 1. The van der Waals surface area contributed by atoms with Crippen LogP contribution in [-0.2, 0) is 18.7 Å². The van der Waals surface area contributed by atoms with Crippen molar-refractivity contribution in [1.82, 2.24) is 14.8 Å². The van der Waals surface area contributed by atoms with Crippen molar-refractivity contribution < 1.29 is 9.84 Å². The average Bonchev–Trinajstić information content (AvgIpc) is 3.18. The Morgan fingerprint density at radius 1 is 1.22 bits per heavy atom. The molecular weight excluding hydrogens is 358 g/mol. The monoisotopic (exact) mass is 389 g/mol. The van der Waals surface area contributed by atoms with Crippen LogP contribution < -0.4 is 4.74 Å². The Labute approximate surface area is 166 Å². The lowest BCUT2D eigenvalue weighted by molar-refractivity contribution is -0.0308. The molecule has 0 radical (unpaired) electrons. The fourth-order valence-corrected chi connectivity index (χ4v) is 4.58. The molecule has 1 aromatic carbocycles. The van der Waals surface area contributed by atoms with Crippen LogP contribution in [0.2, 0.25) is 0 Å². The molecule has 2 aromatic rings. The summed E-state index contributed by atoms with van der Waals surface area (Å²) in [4.78, 5) is 9.50. The smallest absolute Gasteiger partial charge is 0.123 e. The predicted molar refractivity (Wildman–Crippen MR) is 110 cm³/mol. The molecule has 2 heterocycles. The van der Waals surface area contributed by atoms with Crippen LogP contribution in [0.1, 0.15) is 43.0 Å². The molecule has 0 aliphatic carbocycles. The first-order valence-corrected chi connectivity index (χ1v) is 10.7. The first-order valence-electron chi connectivity index (χ1n) is 9.81. The molecule has 27 heavy (non-hydrogen) atoms. The Kier molecular flexibility index (Phi) is 6.87. The number of benzene rings is 1. The van der Waals surface area contributed by atoms with E-state index in [4.69, 9.17) is 9.72 Å². The Hall–Kier alpha value is -1.47. The number of rotatable bonds is 8. The number of methoxy groups -OCH3 is 1. The van der Waals surface area contributed by atoms with Crippen LogP contribution in [0.25, 0.3) is 0 Å². The second-order valence-corrected chi connectivity index (χ2v) is 8.15. The third kappa shape index (κ3) is 4.88. The van der Waals surface area contributed by atoms with Crippen LogP contribution in [0.3, 0.4) is 0 Å². The van der Waals surface area contributed by atoms with E-state index in [1.165, 1.54) is 5.56 Å². The van der Waals surface area contributed by atoms with Gasteiger partial charge in [-0.05, 0) is 32.0 Å². The average molecular weight is 390 g/mol. The van der Waals surface area contributed by atoms with Gasteiger partial charge in [-0.3, -0.25) is 9.80 Å². The summed E-state index contributed by atoms with van der Waals surface area (Å²) in [6, 6.07) is 8.15. The van der Waals surface area contributed by atoms with Gasteiger partial charge in [0.15, 0.2) is 0 Å².